The molecule has 0 saturated heterocycles. The van der Waals surface area contributed by atoms with E-state index in [0.29, 0.717) is 22.5 Å². The summed E-state index contributed by atoms with van der Waals surface area (Å²) in [5, 5.41) is 2.19. The Morgan fingerprint density at radius 3 is 1.85 bits per heavy atom. The summed E-state index contributed by atoms with van der Waals surface area (Å²) in [6.45, 7) is 12.3. The average Bonchev–Trinajstić information content (AvgIpc) is 3.60. The first kappa shape index (κ1) is 32.2. The highest BCUT2D eigenvalue weighted by Crippen LogP contribution is 2.39. The number of hydrogen-bond donors (Lipinski definition) is 0. The second kappa shape index (κ2) is 13.5. The Balaban J connectivity index is 0.000000969. The van der Waals surface area contributed by atoms with Crippen LogP contribution in [-0.2, 0) is 0 Å². The Kier molecular flexibility index (Phi) is 9.09. The van der Waals surface area contributed by atoms with Gasteiger partial charge in [-0.1, -0.05) is 124 Å². The maximum Gasteiger partial charge on any atom is 0.268 e. The molecule has 7 aromatic rings. The van der Waals surface area contributed by atoms with Crippen LogP contribution in [0.15, 0.2) is 133 Å². The number of aromatic nitrogens is 1. The minimum Gasteiger partial charge on any atom is -0.308 e. The van der Waals surface area contributed by atoms with Crippen LogP contribution in [0.5, 0.6) is 0 Å². The van der Waals surface area contributed by atoms with Gasteiger partial charge in [-0.05, 0) is 84.1 Å². The molecule has 0 radical (unpaired) electrons. The van der Waals surface area contributed by atoms with Crippen LogP contribution in [-0.4, -0.2) is 16.4 Å². The van der Waals surface area contributed by atoms with Crippen molar-refractivity contribution < 1.29 is 9.59 Å². The van der Waals surface area contributed by atoms with E-state index in [2.05, 4.69) is 66.9 Å². The summed E-state index contributed by atoms with van der Waals surface area (Å²) in [5.41, 5.74) is 11.0. The zero-order valence-corrected chi connectivity index (χ0v) is 28.4. The van der Waals surface area contributed by atoms with E-state index >= 15 is 0 Å². The summed E-state index contributed by atoms with van der Waals surface area (Å²) < 4.78 is 2.13. The molecule has 6 aromatic carbocycles. The molecule has 0 atom stereocenters. The fraction of sp³-hybridized carbons (Fsp3) is 0.136. The van der Waals surface area contributed by atoms with E-state index in [9.17, 15) is 9.59 Å². The average molecular weight is 629 g/mol. The lowest BCUT2D eigenvalue weighted by atomic mass is 9.97. The number of hydrogen-bond acceptors (Lipinski definition) is 2. The van der Waals surface area contributed by atoms with Gasteiger partial charge in [0.2, 0.25) is 0 Å². The number of carbonyl (C=O) groups excluding carboxylic acids is 2. The number of imide groups is 1. The summed E-state index contributed by atoms with van der Waals surface area (Å²) in [6.07, 6.45) is 0. The van der Waals surface area contributed by atoms with Gasteiger partial charge in [-0.2, -0.15) is 0 Å². The Labute approximate surface area is 282 Å². The van der Waals surface area contributed by atoms with Crippen LogP contribution in [0, 0.1) is 13.8 Å². The fourth-order valence-corrected chi connectivity index (χ4v) is 6.66. The normalized spacial score (nSPS) is 12.0. The third kappa shape index (κ3) is 5.39. The molecule has 1 aliphatic heterocycles. The minimum absolute atomic E-state index is 0.308. The molecule has 0 aliphatic carbocycles. The molecule has 1 aromatic heterocycles. The lowest BCUT2D eigenvalue weighted by molar-refractivity contribution is 0.0926. The van der Waals surface area contributed by atoms with Crippen molar-refractivity contribution in [2.45, 2.75) is 41.5 Å². The summed E-state index contributed by atoms with van der Waals surface area (Å²) in [5.74, 6) is -0.622. The standard InChI is InChI=1S/C40H28N2O2.2C2H6/c1-25-15-21-31(26(2)23-25)29-18-22-36-34(24-29)32-11-6-7-13-35(32)42(36)37-14-8-12-33-38(37)40(44)41(39(33)43)30-19-16-28(17-20-30)27-9-4-3-5-10-27;2*1-2/h3-24H,1-2H3;2*1-2H3. The van der Waals surface area contributed by atoms with Crippen molar-refractivity contribution in [2.75, 3.05) is 4.90 Å². The lowest BCUT2D eigenvalue weighted by Gasteiger charge is -2.15. The number of anilines is 1. The number of carbonyl (C=O) groups is 2. The van der Waals surface area contributed by atoms with Crippen molar-refractivity contribution in [3.63, 3.8) is 0 Å². The highest BCUT2D eigenvalue weighted by Gasteiger charge is 2.39. The molecule has 0 fully saturated rings. The molecule has 2 amide bonds. The Hall–Kier alpha value is -5.74. The SMILES string of the molecule is CC.CC.Cc1ccc(-c2ccc3c(c2)c2ccccc2n3-c2cccc3c2C(=O)N(c2ccc(-c4ccccc4)cc2)C3=O)c(C)c1. The van der Waals surface area contributed by atoms with Gasteiger partial charge in [0.25, 0.3) is 11.8 Å². The molecule has 0 bridgehead atoms. The molecule has 0 unspecified atom stereocenters. The van der Waals surface area contributed by atoms with E-state index in [-0.39, 0.29) is 11.8 Å². The number of amides is 2. The van der Waals surface area contributed by atoms with Crippen molar-refractivity contribution in [1.82, 2.24) is 4.57 Å². The van der Waals surface area contributed by atoms with Crippen molar-refractivity contribution in [3.8, 4) is 27.9 Å². The number of rotatable bonds is 4. The topological polar surface area (TPSA) is 42.3 Å². The zero-order chi connectivity index (χ0) is 33.9. The molecular formula is C44H40N2O2. The first-order chi connectivity index (χ1) is 23.5. The van der Waals surface area contributed by atoms with E-state index < -0.39 is 0 Å². The Morgan fingerprint density at radius 1 is 0.479 bits per heavy atom. The van der Waals surface area contributed by atoms with E-state index in [1.54, 1.807) is 6.07 Å². The van der Waals surface area contributed by atoms with Gasteiger partial charge in [0.15, 0.2) is 0 Å². The smallest absolute Gasteiger partial charge is 0.268 e. The van der Waals surface area contributed by atoms with Gasteiger partial charge in [-0.3, -0.25) is 9.59 Å². The number of aryl methyl sites for hydroxylation is 2. The highest BCUT2D eigenvalue weighted by atomic mass is 16.2. The van der Waals surface area contributed by atoms with Crippen LogP contribution in [0.1, 0.15) is 59.5 Å². The zero-order valence-electron chi connectivity index (χ0n) is 28.4. The van der Waals surface area contributed by atoms with E-state index in [4.69, 9.17) is 0 Å². The predicted octanol–water partition coefficient (Wildman–Crippen LogP) is 11.6. The van der Waals surface area contributed by atoms with Gasteiger partial charge in [0.1, 0.15) is 0 Å². The van der Waals surface area contributed by atoms with Crippen molar-refractivity contribution in [1.29, 1.82) is 0 Å². The molecule has 2 heterocycles. The van der Waals surface area contributed by atoms with Gasteiger partial charge in [0, 0.05) is 10.8 Å². The number of nitrogens with zero attached hydrogens (tertiary/aromatic N) is 2. The summed E-state index contributed by atoms with van der Waals surface area (Å²) in [7, 11) is 0. The van der Waals surface area contributed by atoms with Gasteiger partial charge < -0.3 is 4.57 Å². The Bertz CT molecular complexity index is 2280. The van der Waals surface area contributed by atoms with Crippen molar-refractivity contribution >= 4 is 39.3 Å². The number of para-hydroxylation sites is 1. The molecule has 8 rings (SSSR count). The molecule has 0 N–H and O–H groups in total. The highest BCUT2D eigenvalue weighted by molar-refractivity contribution is 6.35. The van der Waals surface area contributed by atoms with Gasteiger partial charge in [0.05, 0.1) is 33.5 Å². The van der Waals surface area contributed by atoms with Crippen LogP contribution < -0.4 is 4.90 Å². The summed E-state index contributed by atoms with van der Waals surface area (Å²) >= 11 is 0. The second-order valence-electron chi connectivity index (χ2n) is 11.5. The maximum atomic E-state index is 14.1. The molecule has 1 aliphatic rings. The number of fused-ring (bicyclic) bond motifs is 4. The van der Waals surface area contributed by atoms with Crippen LogP contribution in [0.3, 0.4) is 0 Å². The molecular weight excluding hydrogens is 588 g/mol. The minimum atomic E-state index is -0.314. The summed E-state index contributed by atoms with van der Waals surface area (Å²) in [4.78, 5) is 29.2. The van der Waals surface area contributed by atoms with Gasteiger partial charge >= 0.3 is 0 Å². The number of benzene rings is 6. The molecule has 0 spiro atoms. The van der Waals surface area contributed by atoms with Crippen LogP contribution >= 0.6 is 0 Å². The monoisotopic (exact) mass is 628 g/mol. The first-order valence-electron chi connectivity index (χ1n) is 16.8. The molecule has 238 valence electrons. The van der Waals surface area contributed by atoms with Crippen LogP contribution in [0.25, 0.3) is 49.7 Å². The molecule has 0 saturated carbocycles. The summed E-state index contributed by atoms with van der Waals surface area (Å²) in [6, 6.07) is 44.5. The fourth-order valence-electron chi connectivity index (χ4n) is 6.66. The first-order valence-corrected chi connectivity index (χ1v) is 16.8. The predicted molar refractivity (Wildman–Crippen MR) is 201 cm³/mol. The molecule has 4 nitrogen and oxygen atoms in total. The van der Waals surface area contributed by atoms with E-state index in [1.807, 2.05) is 107 Å². The van der Waals surface area contributed by atoms with Gasteiger partial charge in [-0.15, -0.1) is 0 Å². The largest absolute Gasteiger partial charge is 0.308 e. The van der Waals surface area contributed by atoms with Crippen molar-refractivity contribution in [3.05, 3.63) is 156 Å². The maximum absolute atomic E-state index is 14.1. The molecule has 4 heteroatoms. The third-order valence-corrected chi connectivity index (χ3v) is 8.73. The second-order valence-corrected chi connectivity index (χ2v) is 11.5. The van der Waals surface area contributed by atoms with Crippen molar-refractivity contribution in [2.24, 2.45) is 0 Å². The van der Waals surface area contributed by atoms with Gasteiger partial charge in [-0.25, -0.2) is 4.90 Å². The van der Waals surface area contributed by atoms with E-state index in [0.717, 1.165) is 38.5 Å². The Morgan fingerprint density at radius 2 is 1.12 bits per heavy atom. The quantitative estimate of drug-likeness (QED) is 0.182. The van der Waals surface area contributed by atoms with Crippen LogP contribution in [0.4, 0.5) is 5.69 Å². The lowest BCUT2D eigenvalue weighted by Crippen LogP contribution is -2.29. The third-order valence-electron chi connectivity index (χ3n) is 8.73. The van der Waals surface area contributed by atoms with Crippen LogP contribution in [0.2, 0.25) is 0 Å². The molecule has 48 heavy (non-hydrogen) atoms. The van der Waals surface area contributed by atoms with E-state index in [1.165, 1.54) is 21.6 Å².